The highest BCUT2D eigenvalue weighted by atomic mass is 32.1. The second kappa shape index (κ2) is 6.23. The van der Waals surface area contributed by atoms with Crippen molar-refractivity contribution < 1.29 is 14.3 Å². The second-order valence-electron chi connectivity index (χ2n) is 7.21. The number of carbonyl (C=O) groups is 1. The maximum Gasteiger partial charge on any atom is 0.231 e. The van der Waals surface area contributed by atoms with E-state index in [0.717, 1.165) is 28.8 Å². The van der Waals surface area contributed by atoms with Crippen molar-refractivity contribution in [2.75, 3.05) is 12.5 Å². The number of hydrogen-bond acceptors (Lipinski definition) is 6. The van der Waals surface area contributed by atoms with Crippen molar-refractivity contribution in [1.82, 2.24) is 4.98 Å². The van der Waals surface area contributed by atoms with E-state index in [2.05, 4.69) is 13.0 Å². The number of ketones is 1. The third-order valence-electron chi connectivity index (χ3n) is 5.61. The molecule has 0 saturated carbocycles. The SMILES string of the molecule is CC[C@H]1CCc2nc3sc(C(=O)c4ccc5c(c4)OCO5)c(N)c3cc2C1. The number of nitrogens with zero attached hydrogens (tertiary/aromatic N) is 1. The number of fused-ring (bicyclic) bond motifs is 3. The summed E-state index contributed by atoms with van der Waals surface area (Å²) in [4.78, 5) is 19.3. The van der Waals surface area contributed by atoms with Gasteiger partial charge in [-0.25, -0.2) is 4.98 Å². The van der Waals surface area contributed by atoms with Crippen LogP contribution in [-0.4, -0.2) is 17.6 Å². The fourth-order valence-corrected chi connectivity index (χ4v) is 5.01. The minimum absolute atomic E-state index is 0.0989. The number of anilines is 1. The summed E-state index contributed by atoms with van der Waals surface area (Å²) in [5, 5.41) is 0.902. The molecule has 0 spiro atoms. The molecule has 0 saturated heterocycles. The van der Waals surface area contributed by atoms with Gasteiger partial charge in [0, 0.05) is 16.6 Å². The standard InChI is InChI=1S/C21H20N2O3S/c1-2-11-3-5-15-13(7-11)8-14-18(22)20(27-21(14)23-15)19(24)12-4-6-16-17(9-12)26-10-25-16/h4,6,8-9,11H,2-3,5,7,10,22H2,1H3/t11-/m0/s1. The van der Waals surface area contributed by atoms with Crippen molar-refractivity contribution >= 4 is 33.0 Å². The number of benzene rings is 1. The van der Waals surface area contributed by atoms with Gasteiger partial charge in [-0.3, -0.25) is 4.79 Å². The van der Waals surface area contributed by atoms with Crippen LogP contribution in [0.4, 0.5) is 5.69 Å². The molecule has 0 unspecified atom stereocenters. The van der Waals surface area contributed by atoms with Crippen LogP contribution < -0.4 is 15.2 Å². The Morgan fingerprint density at radius 3 is 3.00 bits per heavy atom. The number of carbonyl (C=O) groups excluding carboxylic acids is 1. The molecule has 2 N–H and O–H groups in total. The third-order valence-corrected chi connectivity index (χ3v) is 6.72. The summed E-state index contributed by atoms with van der Waals surface area (Å²) in [7, 11) is 0. The molecule has 3 aromatic rings. The molecule has 0 radical (unpaired) electrons. The van der Waals surface area contributed by atoms with Gasteiger partial charge in [0.15, 0.2) is 11.5 Å². The van der Waals surface area contributed by atoms with Gasteiger partial charge >= 0.3 is 0 Å². The molecule has 1 aromatic carbocycles. The second-order valence-corrected chi connectivity index (χ2v) is 8.21. The molecule has 0 bridgehead atoms. The van der Waals surface area contributed by atoms with Crippen LogP contribution >= 0.6 is 11.3 Å². The molecule has 2 aromatic heterocycles. The van der Waals surface area contributed by atoms with E-state index in [-0.39, 0.29) is 12.6 Å². The maximum atomic E-state index is 13.1. The molecule has 1 atom stereocenters. The van der Waals surface area contributed by atoms with Gasteiger partial charge in [-0.05, 0) is 55.0 Å². The Morgan fingerprint density at radius 2 is 2.15 bits per heavy atom. The summed E-state index contributed by atoms with van der Waals surface area (Å²) in [6, 6.07) is 7.39. The van der Waals surface area contributed by atoms with Crippen molar-refractivity contribution in [3.63, 3.8) is 0 Å². The van der Waals surface area contributed by atoms with Gasteiger partial charge in [-0.2, -0.15) is 0 Å². The van der Waals surface area contributed by atoms with Crippen molar-refractivity contribution in [3.05, 3.63) is 46.0 Å². The number of aryl methyl sites for hydroxylation is 1. The van der Waals surface area contributed by atoms with Crippen LogP contribution in [0.5, 0.6) is 11.5 Å². The largest absolute Gasteiger partial charge is 0.454 e. The average Bonchev–Trinajstić information content (AvgIpc) is 3.29. The normalized spacial score (nSPS) is 17.9. The number of nitrogens with two attached hydrogens (primary N) is 1. The lowest BCUT2D eigenvalue weighted by atomic mass is 9.85. The smallest absolute Gasteiger partial charge is 0.231 e. The molecule has 3 heterocycles. The van der Waals surface area contributed by atoms with Crippen LogP contribution in [0.2, 0.25) is 0 Å². The molecule has 1 aliphatic heterocycles. The highest BCUT2D eigenvalue weighted by molar-refractivity contribution is 7.21. The number of ether oxygens (including phenoxy) is 2. The van der Waals surface area contributed by atoms with Crippen LogP contribution in [0.3, 0.4) is 0 Å². The first-order valence-corrected chi connectivity index (χ1v) is 10.1. The highest BCUT2D eigenvalue weighted by Gasteiger charge is 2.24. The van der Waals surface area contributed by atoms with E-state index < -0.39 is 0 Å². The summed E-state index contributed by atoms with van der Waals surface area (Å²) >= 11 is 1.38. The number of thiophene rings is 1. The quantitative estimate of drug-likeness (QED) is 0.684. The summed E-state index contributed by atoms with van der Waals surface area (Å²) in [5.74, 6) is 1.87. The molecule has 6 heteroatoms. The van der Waals surface area contributed by atoms with Crippen LogP contribution in [-0.2, 0) is 12.8 Å². The Kier molecular flexibility index (Phi) is 3.82. The first-order valence-electron chi connectivity index (χ1n) is 9.29. The minimum atomic E-state index is -0.0989. The minimum Gasteiger partial charge on any atom is -0.454 e. The van der Waals surface area contributed by atoms with Crippen LogP contribution in [0.15, 0.2) is 24.3 Å². The lowest BCUT2D eigenvalue weighted by Crippen LogP contribution is -2.14. The van der Waals surface area contributed by atoms with E-state index in [9.17, 15) is 4.79 Å². The van der Waals surface area contributed by atoms with E-state index in [0.29, 0.717) is 33.5 Å². The molecule has 2 aliphatic rings. The van der Waals surface area contributed by atoms with Gasteiger partial charge < -0.3 is 15.2 Å². The fraction of sp³-hybridized carbons (Fsp3) is 0.333. The molecular formula is C21H20N2O3S. The Labute approximate surface area is 161 Å². The molecule has 27 heavy (non-hydrogen) atoms. The molecule has 5 rings (SSSR count). The van der Waals surface area contributed by atoms with Gasteiger partial charge in [0.25, 0.3) is 0 Å². The average molecular weight is 380 g/mol. The molecule has 0 amide bonds. The van der Waals surface area contributed by atoms with Crippen molar-refractivity contribution in [2.45, 2.75) is 32.6 Å². The number of aromatic nitrogens is 1. The zero-order valence-electron chi connectivity index (χ0n) is 15.1. The predicted molar refractivity (Wildman–Crippen MR) is 106 cm³/mol. The predicted octanol–water partition coefficient (Wildman–Crippen LogP) is 4.35. The number of nitrogen functional groups attached to an aromatic ring is 1. The molecule has 5 nitrogen and oxygen atoms in total. The van der Waals surface area contributed by atoms with Gasteiger partial charge in [0.2, 0.25) is 12.6 Å². The zero-order valence-corrected chi connectivity index (χ0v) is 15.9. The topological polar surface area (TPSA) is 74.4 Å². The Hall–Kier alpha value is -2.60. The lowest BCUT2D eigenvalue weighted by Gasteiger charge is -2.22. The van der Waals surface area contributed by atoms with Gasteiger partial charge in [-0.15, -0.1) is 11.3 Å². The monoisotopic (exact) mass is 380 g/mol. The third kappa shape index (κ3) is 2.67. The van der Waals surface area contributed by atoms with Gasteiger partial charge in [0.1, 0.15) is 9.71 Å². The number of pyridine rings is 1. The van der Waals surface area contributed by atoms with Crippen LogP contribution in [0, 0.1) is 5.92 Å². The van der Waals surface area contributed by atoms with Crippen molar-refractivity contribution in [2.24, 2.45) is 5.92 Å². The van der Waals surface area contributed by atoms with Crippen molar-refractivity contribution in [1.29, 1.82) is 0 Å². The van der Waals surface area contributed by atoms with Crippen molar-refractivity contribution in [3.8, 4) is 11.5 Å². The highest BCUT2D eigenvalue weighted by Crippen LogP contribution is 2.39. The van der Waals surface area contributed by atoms with E-state index in [1.54, 1.807) is 18.2 Å². The first kappa shape index (κ1) is 16.6. The molecule has 1 aliphatic carbocycles. The Balaban J connectivity index is 1.56. The summed E-state index contributed by atoms with van der Waals surface area (Å²) in [5.41, 5.74) is 9.91. The first-order chi connectivity index (χ1) is 13.1. The Morgan fingerprint density at radius 1 is 1.30 bits per heavy atom. The molecular weight excluding hydrogens is 360 g/mol. The summed E-state index contributed by atoms with van der Waals surface area (Å²) in [6.07, 6.45) is 4.43. The summed E-state index contributed by atoms with van der Waals surface area (Å²) < 4.78 is 10.7. The number of hydrogen-bond donors (Lipinski definition) is 1. The van der Waals surface area contributed by atoms with E-state index >= 15 is 0 Å². The van der Waals surface area contributed by atoms with E-state index in [1.807, 2.05) is 0 Å². The van der Waals surface area contributed by atoms with E-state index in [1.165, 1.54) is 29.7 Å². The zero-order chi connectivity index (χ0) is 18.5. The van der Waals surface area contributed by atoms with E-state index in [4.69, 9.17) is 20.2 Å². The van der Waals surface area contributed by atoms with Crippen LogP contribution in [0.25, 0.3) is 10.2 Å². The lowest BCUT2D eigenvalue weighted by molar-refractivity contribution is 0.104. The van der Waals surface area contributed by atoms with Gasteiger partial charge in [-0.1, -0.05) is 13.3 Å². The molecule has 0 fully saturated rings. The fourth-order valence-electron chi connectivity index (χ4n) is 3.95. The number of rotatable bonds is 3. The Bertz CT molecular complexity index is 1070. The van der Waals surface area contributed by atoms with Crippen LogP contribution in [0.1, 0.15) is 46.3 Å². The molecule has 138 valence electrons. The van der Waals surface area contributed by atoms with Gasteiger partial charge in [0.05, 0.1) is 5.69 Å². The maximum absolute atomic E-state index is 13.1. The summed E-state index contributed by atoms with van der Waals surface area (Å²) in [6.45, 7) is 2.43.